The van der Waals surface area contributed by atoms with Gasteiger partial charge in [-0.25, -0.2) is 15.0 Å². The molecular weight excluding hydrogens is 246 g/mol. The van der Waals surface area contributed by atoms with Crippen molar-refractivity contribution in [3.05, 3.63) is 28.0 Å². The van der Waals surface area contributed by atoms with E-state index in [1.54, 1.807) is 17.4 Å². The number of nitrogens with two attached hydrogens (primary N) is 1. The Bertz CT molecular complexity index is 561. The molecule has 0 unspecified atom stereocenters. The molecule has 2 heterocycles. The van der Waals surface area contributed by atoms with Gasteiger partial charge in [0.1, 0.15) is 17.5 Å². The fourth-order valence-corrected chi connectivity index (χ4v) is 2.38. The molecule has 0 aliphatic heterocycles. The van der Waals surface area contributed by atoms with Gasteiger partial charge in [-0.2, -0.15) is 0 Å². The highest BCUT2D eigenvalue weighted by Crippen LogP contribution is 2.38. The molecule has 3 N–H and O–H groups in total. The number of nitrogens with zero attached hydrogens (tertiary/aromatic N) is 3. The zero-order valence-corrected chi connectivity index (χ0v) is 11.0. The predicted octanol–water partition coefficient (Wildman–Crippen LogP) is 2.31. The van der Waals surface area contributed by atoms with Gasteiger partial charge in [0.2, 0.25) is 0 Å². The molecule has 2 aromatic rings. The van der Waals surface area contributed by atoms with Gasteiger partial charge in [-0.3, -0.25) is 0 Å². The second kappa shape index (κ2) is 4.53. The van der Waals surface area contributed by atoms with Gasteiger partial charge in [-0.15, -0.1) is 11.3 Å². The van der Waals surface area contributed by atoms with Crippen molar-refractivity contribution in [1.82, 2.24) is 15.0 Å². The topological polar surface area (TPSA) is 76.7 Å². The lowest BCUT2D eigenvalue weighted by Gasteiger charge is -2.06. The van der Waals surface area contributed by atoms with Crippen LogP contribution in [0.25, 0.3) is 0 Å². The third-order valence-corrected chi connectivity index (χ3v) is 3.65. The molecule has 94 valence electrons. The molecule has 1 saturated carbocycles. The molecular formula is C12H15N5S. The molecule has 0 atom stereocenters. The average molecular weight is 261 g/mol. The molecule has 1 fully saturated rings. The van der Waals surface area contributed by atoms with Crippen LogP contribution in [0.1, 0.15) is 35.3 Å². The van der Waals surface area contributed by atoms with Crippen molar-refractivity contribution in [3.63, 3.8) is 0 Å². The summed E-state index contributed by atoms with van der Waals surface area (Å²) in [5, 5.41) is 6.38. The molecule has 0 spiro atoms. The summed E-state index contributed by atoms with van der Waals surface area (Å²) in [6.07, 6.45) is 2.35. The minimum atomic E-state index is 0.510. The van der Waals surface area contributed by atoms with Crippen LogP contribution in [0.5, 0.6) is 0 Å². The van der Waals surface area contributed by atoms with Crippen LogP contribution in [-0.2, 0) is 6.54 Å². The van der Waals surface area contributed by atoms with E-state index in [1.165, 1.54) is 12.8 Å². The monoisotopic (exact) mass is 261 g/mol. The normalized spacial score (nSPS) is 14.7. The minimum Gasteiger partial charge on any atom is -0.384 e. The number of hydrogen-bond acceptors (Lipinski definition) is 6. The van der Waals surface area contributed by atoms with E-state index in [-0.39, 0.29) is 0 Å². The largest absolute Gasteiger partial charge is 0.384 e. The van der Waals surface area contributed by atoms with Crippen molar-refractivity contribution in [1.29, 1.82) is 0 Å². The molecule has 1 aliphatic rings. The van der Waals surface area contributed by atoms with Crippen LogP contribution in [0.2, 0.25) is 0 Å². The Morgan fingerprint density at radius 2 is 2.22 bits per heavy atom. The first kappa shape index (κ1) is 11.4. The van der Waals surface area contributed by atoms with Gasteiger partial charge in [-0.1, -0.05) is 0 Å². The molecule has 0 aromatic carbocycles. The Labute approximate surface area is 109 Å². The van der Waals surface area contributed by atoms with Crippen molar-refractivity contribution in [2.24, 2.45) is 0 Å². The van der Waals surface area contributed by atoms with Crippen LogP contribution < -0.4 is 11.1 Å². The van der Waals surface area contributed by atoms with Crippen LogP contribution in [0.15, 0.2) is 11.4 Å². The molecule has 0 amide bonds. The van der Waals surface area contributed by atoms with Gasteiger partial charge in [0.25, 0.3) is 0 Å². The van der Waals surface area contributed by atoms with Crippen molar-refractivity contribution in [3.8, 4) is 0 Å². The summed E-state index contributed by atoms with van der Waals surface area (Å²) in [5.41, 5.74) is 6.82. The summed E-state index contributed by atoms with van der Waals surface area (Å²) in [6.45, 7) is 2.67. The van der Waals surface area contributed by atoms with Gasteiger partial charge < -0.3 is 11.1 Å². The van der Waals surface area contributed by atoms with E-state index < -0.39 is 0 Å². The summed E-state index contributed by atoms with van der Waals surface area (Å²) in [4.78, 5) is 13.2. The number of thiazole rings is 1. The van der Waals surface area contributed by atoms with Gasteiger partial charge in [0, 0.05) is 17.4 Å². The van der Waals surface area contributed by atoms with Crippen LogP contribution >= 0.6 is 11.3 Å². The van der Waals surface area contributed by atoms with Crippen molar-refractivity contribution < 1.29 is 0 Å². The number of nitrogens with one attached hydrogen (secondary N) is 1. The number of anilines is 2. The number of aryl methyl sites for hydroxylation is 1. The summed E-state index contributed by atoms with van der Waals surface area (Å²) in [7, 11) is 0. The molecule has 1 aliphatic carbocycles. The van der Waals surface area contributed by atoms with Crippen molar-refractivity contribution in [2.75, 3.05) is 11.1 Å². The van der Waals surface area contributed by atoms with Crippen molar-refractivity contribution in [2.45, 2.75) is 32.2 Å². The van der Waals surface area contributed by atoms with Gasteiger partial charge in [0.05, 0.1) is 17.2 Å². The Kier molecular flexibility index (Phi) is 2.87. The van der Waals surface area contributed by atoms with E-state index in [0.717, 1.165) is 22.3 Å². The lowest BCUT2D eigenvalue weighted by molar-refractivity contribution is 0.922. The van der Waals surface area contributed by atoms with E-state index >= 15 is 0 Å². The molecule has 0 bridgehead atoms. The molecule has 0 radical (unpaired) electrons. The lowest BCUT2D eigenvalue weighted by Crippen LogP contribution is -2.06. The standard InChI is InChI=1S/C12H15N5S/c1-7-15-9(6-18-7)5-14-11-4-10(13)16-12(17-11)8-2-3-8/h4,6,8H,2-3,5H2,1H3,(H3,13,14,16,17). The molecule has 2 aromatic heterocycles. The average Bonchev–Trinajstić information content (AvgIpc) is 3.10. The lowest BCUT2D eigenvalue weighted by atomic mass is 10.3. The van der Waals surface area contributed by atoms with E-state index in [0.29, 0.717) is 18.3 Å². The highest BCUT2D eigenvalue weighted by atomic mass is 32.1. The quantitative estimate of drug-likeness (QED) is 0.883. The molecule has 6 heteroatoms. The number of nitrogen functional groups attached to an aromatic ring is 1. The second-order valence-electron chi connectivity index (χ2n) is 4.52. The Hall–Kier alpha value is -1.69. The predicted molar refractivity (Wildman–Crippen MR) is 72.6 cm³/mol. The third-order valence-electron chi connectivity index (χ3n) is 2.82. The Morgan fingerprint density at radius 1 is 1.39 bits per heavy atom. The summed E-state index contributed by atoms with van der Waals surface area (Å²) < 4.78 is 0. The van der Waals surface area contributed by atoms with E-state index in [2.05, 4.69) is 25.6 Å². The number of hydrogen-bond donors (Lipinski definition) is 2. The second-order valence-corrected chi connectivity index (χ2v) is 5.58. The molecule has 3 rings (SSSR count). The van der Waals surface area contributed by atoms with Gasteiger partial charge in [0.15, 0.2) is 0 Å². The Morgan fingerprint density at radius 3 is 2.89 bits per heavy atom. The van der Waals surface area contributed by atoms with Crippen LogP contribution in [0.4, 0.5) is 11.6 Å². The summed E-state index contributed by atoms with van der Waals surface area (Å²) in [6, 6.07) is 1.77. The maximum absolute atomic E-state index is 5.79. The highest BCUT2D eigenvalue weighted by molar-refractivity contribution is 7.09. The number of rotatable bonds is 4. The zero-order chi connectivity index (χ0) is 12.5. The molecule has 18 heavy (non-hydrogen) atoms. The minimum absolute atomic E-state index is 0.510. The van der Waals surface area contributed by atoms with Crippen LogP contribution in [0, 0.1) is 6.92 Å². The van der Waals surface area contributed by atoms with Crippen LogP contribution in [-0.4, -0.2) is 15.0 Å². The number of aromatic nitrogens is 3. The van der Waals surface area contributed by atoms with E-state index in [1.807, 2.05) is 6.92 Å². The molecule has 0 saturated heterocycles. The Balaban J connectivity index is 1.71. The maximum Gasteiger partial charge on any atom is 0.136 e. The first-order valence-electron chi connectivity index (χ1n) is 6.00. The summed E-state index contributed by atoms with van der Waals surface area (Å²) in [5.74, 6) is 2.70. The van der Waals surface area contributed by atoms with Gasteiger partial charge in [-0.05, 0) is 19.8 Å². The van der Waals surface area contributed by atoms with Gasteiger partial charge >= 0.3 is 0 Å². The summed E-state index contributed by atoms with van der Waals surface area (Å²) >= 11 is 1.65. The van der Waals surface area contributed by atoms with E-state index in [9.17, 15) is 0 Å². The first-order chi connectivity index (χ1) is 8.70. The van der Waals surface area contributed by atoms with Crippen LogP contribution in [0.3, 0.4) is 0 Å². The zero-order valence-electron chi connectivity index (χ0n) is 10.2. The van der Waals surface area contributed by atoms with Crippen molar-refractivity contribution >= 4 is 23.0 Å². The first-order valence-corrected chi connectivity index (χ1v) is 6.88. The third kappa shape index (κ3) is 2.59. The highest BCUT2D eigenvalue weighted by Gasteiger charge is 2.27. The SMILES string of the molecule is Cc1nc(CNc2cc(N)nc(C3CC3)n2)cs1. The fraction of sp³-hybridized carbons (Fsp3) is 0.417. The maximum atomic E-state index is 5.79. The molecule has 5 nitrogen and oxygen atoms in total. The van der Waals surface area contributed by atoms with E-state index in [4.69, 9.17) is 5.73 Å². The smallest absolute Gasteiger partial charge is 0.136 e. The fourth-order valence-electron chi connectivity index (χ4n) is 1.77.